The number of rotatable bonds is 4. The van der Waals surface area contributed by atoms with Gasteiger partial charge in [0.2, 0.25) is 5.95 Å². The summed E-state index contributed by atoms with van der Waals surface area (Å²) in [5, 5.41) is 20.6. The third kappa shape index (κ3) is 2.44. The van der Waals surface area contributed by atoms with Gasteiger partial charge in [0, 0.05) is 19.3 Å². The molecular formula is C9H13N5O3. The summed E-state index contributed by atoms with van der Waals surface area (Å²) < 4.78 is 0. The van der Waals surface area contributed by atoms with Crippen LogP contribution < -0.4 is 16.6 Å². The number of nitrogen functional groups attached to an aromatic ring is 1. The van der Waals surface area contributed by atoms with Gasteiger partial charge in [-0.1, -0.05) is 0 Å². The molecule has 0 saturated heterocycles. The minimum Gasteiger partial charge on any atom is -0.369 e. The summed E-state index contributed by atoms with van der Waals surface area (Å²) in [7, 11) is 0. The molecule has 17 heavy (non-hydrogen) atoms. The monoisotopic (exact) mass is 239 g/mol. The van der Waals surface area contributed by atoms with Gasteiger partial charge in [0.1, 0.15) is 5.65 Å². The van der Waals surface area contributed by atoms with Crippen LogP contribution in [0.1, 0.15) is 5.56 Å². The van der Waals surface area contributed by atoms with Crippen molar-refractivity contribution < 1.29 is 10.2 Å². The zero-order chi connectivity index (χ0) is 12.4. The number of nitrogens with one attached hydrogen (secondary N) is 3. The number of nitrogens with zero attached hydrogens (tertiary/aromatic N) is 1. The van der Waals surface area contributed by atoms with E-state index in [-0.39, 0.29) is 18.1 Å². The number of H-pyrrole nitrogens is 2. The van der Waals surface area contributed by atoms with Crippen molar-refractivity contribution in [2.45, 2.75) is 12.8 Å². The molecule has 0 unspecified atom stereocenters. The van der Waals surface area contributed by atoms with Crippen LogP contribution in [-0.2, 0) is 6.54 Å². The molecule has 0 aliphatic carbocycles. The molecule has 0 aliphatic rings. The van der Waals surface area contributed by atoms with E-state index in [9.17, 15) is 4.79 Å². The average Bonchev–Trinajstić information content (AvgIpc) is 2.60. The lowest BCUT2D eigenvalue weighted by atomic mass is 10.2. The van der Waals surface area contributed by atoms with Gasteiger partial charge < -0.3 is 26.2 Å². The van der Waals surface area contributed by atoms with Crippen molar-refractivity contribution >= 4 is 17.0 Å². The Hall–Kier alpha value is -1.90. The quantitative estimate of drug-likeness (QED) is 0.349. The summed E-state index contributed by atoms with van der Waals surface area (Å²) in [4.78, 5) is 20.8. The normalized spacial score (nSPS) is 11.5. The fourth-order valence-corrected chi connectivity index (χ4v) is 1.60. The highest BCUT2D eigenvalue weighted by Gasteiger charge is 2.09. The third-order valence-corrected chi connectivity index (χ3v) is 2.28. The molecule has 2 heterocycles. The lowest BCUT2D eigenvalue weighted by molar-refractivity contribution is -0.0373. The Morgan fingerprint density at radius 1 is 1.53 bits per heavy atom. The van der Waals surface area contributed by atoms with E-state index in [0.717, 1.165) is 0 Å². The predicted molar refractivity (Wildman–Crippen MR) is 61.1 cm³/mol. The fourth-order valence-electron chi connectivity index (χ4n) is 1.60. The van der Waals surface area contributed by atoms with Crippen molar-refractivity contribution in [2.24, 2.45) is 0 Å². The van der Waals surface area contributed by atoms with Crippen LogP contribution in [0.15, 0.2) is 11.0 Å². The first-order valence-electron chi connectivity index (χ1n) is 5.00. The fraction of sp³-hybridized carbons (Fsp3) is 0.333. The Labute approximate surface area is 95.5 Å². The molecule has 2 aromatic heterocycles. The first kappa shape index (κ1) is 11.6. The number of aromatic nitrogens is 3. The third-order valence-electron chi connectivity index (χ3n) is 2.28. The Bertz CT molecular complexity index is 574. The van der Waals surface area contributed by atoms with Crippen molar-refractivity contribution in [3.63, 3.8) is 0 Å². The van der Waals surface area contributed by atoms with Crippen molar-refractivity contribution in [1.29, 1.82) is 0 Å². The highest BCUT2D eigenvalue weighted by atomic mass is 16.5. The van der Waals surface area contributed by atoms with Crippen LogP contribution in [0.4, 0.5) is 5.95 Å². The number of aromatic amines is 2. The van der Waals surface area contributed by atoms with Gasteiger partial charge in [-0.15, -0.1) is 0 Å². The van der Waals surface area contributed by atoms with Crippen LogP contribution in [-0.4, -0.2) is 38.0 Å². The first-order valence-corrected chi connectivity index (χ1v) is 5.00. The van der Waals surface area contributed by atoms with Crippen LogP contribution in [0.25, 0.3) is 11.0 Å². The van der Waals surface area contributed by atoms with Gasteiger partial charge in [-0.05, 0) is 5.56 Å². The molecule has 0 radical (unpaired) electrons. The molecule has 0 atom stereocenters. The van der Waals surface area contributed by atoms with Gasteiger partial charge in [0.25, 0.3) is 5.56 Å². The van der Waals surface area contributed by atoms with Gasteiger partial charge in [-0.25, -0.2) is 0 Å². The summed E-state index contributed by atoms with van der Waals surface area (Å²) in [6.45, 7) is 0.347. The second-order valence-electron chi connectivity index (χ2n) is 3.60. The Balaban J connectivity index is 2.27. The van der Waals surface area contributed by atoms with Crippen LogP contribution in [0.5, 0.6) is 0 Å². The van der Waals surface area contributed by atoms with Gasteiger partial charge in [-0.2, -0.15) is 4.98 Å². The number of aliphatic hydroxyl groups excluding tert-OH is 1. The molecule has 0 spiro atoms. The molecule has 2 aromatic rings. The second-order valence-corrected chi connectivity index (χ2v) is 3.60. The molecule has 8 heteroatoms. The minimum absolute atomic E-state index is 0.0208. The Morgan fingerprint density at radius 3 is 3.00 bits per heavy atom. The maximum Gasteiger partial charge on any atom is 0.262 e. The number of anilines is 1. The van der Waals surface area contributed by atoms with Crippen molar-refractivity contribution in [1.82, 2.24) is 20.3 Å². The number of hydrogen-bond acceptors (Lipinski definition) is 6. The van der Waals surface area contributed by atoms with E-state index >= 15 is 0 Å². The smallest absolute Gasteiger partial charge is 0.262 e. The van der Waals surface area contributed by atoms with Crippen LogP contribution >= 0.6 is 0 Å². The molecule has 0 saturated carbocycles. The summed E-state index contributed by atoms with van der Waals surface area (Å²) in [5.74, 6) is 0.0506. The summed E-state index contributed by atoms with van der Waals surface area (Å²) in [5.41, 5.74) is 6.18. The Kier molecular flexibility index (Phi) is 3.09. The van der Waals surface area contributed by atoms with E-state index in [4.69, 9.17) is 15.9 Å². The second kappa shape index (κ2) is 4.53. The van der Waals surface area contributed by atoms with Crippen LogP contribution in [0.3, 0.4) is 0 Å². The molecule has 0 aromatic carbocycles. The molecule has 2 rings (SSSR count). The highest BCUT2D eigenvalue weighted by molar-refractivity contribution is 5.79. The van der Waals surface area contributed by atoms with Gasteiger partial charge >= 0.3 is 0 Å². The van der Waals surface area contributed by atoms with Crippen molar-refractivity contribution in [3.05, 3.63) is 22.1 Å². The van der Waals surface area contributed by atoms with E-state index in [1.165, 1.54) is 0 Å². The topological polar surface area (TPSA) is 140 Å². The van der Waals surface area contributed by atoms with E-state index < -0.39 is 6.29 Å². The highest BCUT2D eigenvalue weighted by Crippen LogP contribution is 2.11. The van der Waals surface area contributed by atoms with E-state index in [1.54, 1.807) is 6.20 Å². The van der Waals surface area contributed by atoms with Gasteiger partial charge in [-0.3, -0.25) is 9.78 Å². The minimum atomic E-state index is -1.42. The maximum absolute atomic E-state index is 11.7. The molecule has 0 amide bonds. The SMILES string of the molecule is Nc1nc2[nH]cc(CNCC(O)O)c2c(=O)[nH]1. The molecule has 0 fully saturated rings. The molecule has 7 N–H and O–H groups in total. The number of nitrogens with two attached hydrogens (primary N) is 1. The molecule has 0 aliphatic heterocycles. The zero-order valence-electron chi connectivity index (χ0n) is 8.90. The number of aliphatic hydroxyl groups is 2. The van der Waals surface area contributed by atoms with E-state index in [1.807, 2.05) is 0 Å². The van der Waals surface area contributed by atoms with Crippen molar-refractivity contribution in [3.8, 4) is 0 Å². The molecule has 0 bridgehead atoms. The number of fused-ring (bicyclic) bond motifs is 1. The van der Waals surface area contributed by atoms with Crippen LogP contribution in [0.2, 0.25) is 0 Å². The predicted octanol–water partition coefficient (Wildman–Crippen LogP) is -1.77. The molecule has 8 nitrogen and oxygen atoms in total. The molecular weight excluding hydrogens is 226 g/mol. The van der Waals surface area contributed by atoms with Gasteiger partial charge in [0.15, 0.2) is 6.29 Å². The summed E-state index contributed by atoms with van der Waals surface area (Å²) in [6.07, 6.45) is 0.204. The zero-order valence-corrected chi connectivity index (χ0v) is 8.90. The summed E-state index contributed by atoms with van der Waals surface area (Å²) >= 11 is 0. The maximum atomic E-state index is 11.7. The number of hydrogen-bond donors (Lipinski definition) is 6. The molecule has 92 valence electrons. The summed E-state index contributed by atoms with van der Waals surface area (Å²) in [6, 6.07) is 0. The lowest BCUT2D eigenvalue weighted by Crippen LogP contribution is -2.26. The first-order chi connectivity index (χ1) is 8.08. The van der Waals surface area contributed by atoms with E-state index in [0.29, 0.717) is 23.1 Å². The lowest BCUT2D eigenvalue weighted by Gasteiger charge is -2.04. The van der Waals surface area contributed by atoms with Crippen molar-refractivity contribution in [2.75, 3.05) is 12.3 Å². The average molecular weight is 239 g/mol. The van der Waals surface area contributed by atoms with Crippen LogP contribution in [0, 0.1) is 0 Å². The van der Waals surface area contributed by atoms with E-state index in [2.05, 4.69) is 20.3 Å². The Morgan fingerprint density at radius 2 is 2.29 bits per heavy atom. The largest absolute Gasteiger partial charge is 0.369 e. The standard InChI is InChI=1S/C9H13N5O3/c10-9-13-7-6(8(17)14-9)4(2-12-7)1-11-3-5(15)16/h2,5,11,15-16H,1,3H2,(H4,10,12,13,14,17). The van der Waals surface area contributed by atoms with Gasteiger partial charge in [0.05, 0.1) is 5.39 Å².